The first-order valence-corrected chi connectivity index (χ1v) is 7.76. The van der Waals surface area contributed by atoms with Gasteiger partial charge in [-0.3, -0.25) is 0 Å². The first kappa shape index (κ1) is 15.3. The second-order valence-electron chi connectivity index (χ2n) is 5.10. The fourth-order valence-electron chi connectivity index (χ4n) is 2.01. The number of aliphatic hydroxyl groups is 1. The van der Waals surface area contributed by atoms with E-state index in [4.69, 9.17) is 11.6 Å². The highest BCUT2D eigenvalue weighted by atomic mass is 35.5. The lowest BCUT2D eigenvalue weighted by atomic mass is 10.1. The lowest BCUT2D eigenvalue weighted by Gasteiger charge is -2.15. The van der Waals surface area contributed by atoms with Gasteiger partial charge in [-0.1, -0.05) is 48.9 Å². The largest absolute Gasteiger partial charge is 0.391 e. The molecule has 1 aromatic carbocycles. The van der Waals surface area contributed by atoms with Crippen LogP contribution >= 0.6 is 22.9 Å². The monoisotopic (exact) mass is 310 g/mol. The summed E-state index contributed by atoms with van der Waals surface area (Å²) >= 11 is 7.45. The van der Waals surface area contributed by atoms with E-state index in [0.717, 1.165) is 27.3 Å². The third-order valence-corrected chi connectivity index (χ3v) is 4.49. The van der Waals surface area contributed by atoms with Crippen LogP contribution in [-0.4, -0.2) is 17.1 Å². The molecule has 0 aliphatic heterocycles. The molecule has 1 N–H and O–H groups in total. The summed E-state index contributed by atoms with van der Waals surface area (Å²) in [6.07, 6.45) is 0. The van der Waals surface area contributed by atoms with E-state index in [9.17, 15) is 5.11 Å². The van der Waals surface area contributed by atoms with Gasteiger partial charge in [0.15, 0.2) is 5.13 Å². The van der Waals surface area contributed by atoms with E-state index in [0.29, 0.717) is 5.92 Å². The van der Waals surface area contributed by atoms with Crippen molar-refractivity contribution in [3.8, 4) is 0 Å². The Morgan fingerprint density at radius 1 is 1.30 bits per heavy atom. The van der Waals surface area contributed by atoms with Crippen molar-refractivity contribution >= 4 is 28.1 Å². The number of aliphatic hydroxyl groups excluding tert-OH is 1. The zero-order chi connectivity index (χ0) is 14.7. The summed E-state index contributed by atoms with van der Waals surface area (Å²) in [4.78, 5) is 7.71. The Morgan fingerprint density at radius 2 is 1.95 bits per heavy atom. The number of hydrogen-bond acceptors (Lipinski definition) is 4. The molecule has 0 unspecified atom stereocenters. The lowest BCUT2D eigenvalue weighted by Crippen LogP contribution is -2.16. The maximum Gasteiger partial charge on any atom is 0.185 e. The lowest BCUT2D eigenvalue weighted by molar-refractivity contribution is 0.283. The molecule has 0 atom stereocenters. The zero-order valence-electron chi connectivity index (χ0n) is 11.9. The average Bonchev–Trinajstić information content (AvgIpc) is 2.86. The van der Waals surface area contributed by atoms with Crippen molar-refractivity contribution < 1.29 is 5.11 Å². The van der Waals surface area contributed by atoms with Gasteiger partial charge in [0.2, 0.25) is 0 Å². The molecule has 0 fully saturated rings. The molecule has 2 rings (SSSR count). The molecule has 2 aromatic rings. The van der Waals surface area contributed by atoms with Crippen LogP contribution < -0.4 is 4.90 Å². The number of aromatic nitrogens is 1. The van der Waals surface area contributed by atoms with Crippen molar-refractivity contribution in [3.05, 3.63) is 45.4 Å². The van der Waals surface area contributed by atoms with E-state index in [1.165, 1.54) is 5.56 Å². The van der Waals surface area contributed by atoms with E-state index >= 15 is 0 Å². The first-order chi connectivity index (χ1) is 9.51. The van der Waals surface area contributed by atoms with E-state index in [1.54, 1.807) is 11.3 Å². The Morgan fingerprint density at radius 3 is 2.45 bits per heavy atom. The predicted octanol–water partition coefficient (Wildman–Crippen LogP) is 4.05. The van der Waals surface area contributed by atoms with Gasteiger partial charge in [0.25, 0.3) is 0 Å². The van der Waals surface area contributed by atoms with Crippen LogP contribution in [-0.2, 0) is 13.2 Å². The molecule has 3 nitrogen and oxygen atoms in total. The van der Waals surface area contributed by atoms with E-state index in [-0.39, 0.29) is 6.61 Å². The van der Waals surface area contributed by atoms with Crippen molar-refractivity contribution in [1.82, 2.24) is 4.98 Å². The van der Waals surface area contributed by atoms with Crippen molar-refractivity contribution in [1.29, 1.82) is 0 Å². The Bertz CT molecular complexity index is 566. The van der Waals surface area contributed by atoms with Gasteiger partial charge in [0.1, 0.15) is 0 Å². The van der Waals surface area contributed by atoms with Gasteiger partial charge in [-0.15, -0.1) is 0 Å². The number of thiazole rings is 1. The first-order valence-electron chi connectivity index (χ1n) is 6.57. The van der Waals surface area contributed by atoms with E-state index in [2.05, 4.69) is 23.7 Å². The molecule has 0 aliphatic carbocycles. The van der Waals surface area contributed by atoms with Gasteiger partial charge in [0, 0.05) is 18.6 Å². The van der Waals surface area contributed by atoms with Gasteiger partial charge in [-0.2, -0.15) is 0 Å². The number of hydrogen-bond donors (Lipinski definition) is 1. The summed E-state index contributed by atoms with van der Waals surface area (Å²) in [6, 6.07) is 7.82. The molecule has 0 spiro atoms. The van der Waals surface area contributed by atoms with Crippen molar-refractivity contribution in [3.63, 3.8) is 0 Å². The standard InChI is InChI=1S/C15H19ClN2OS/c1-10(2)14-13(9-19)20-15(17-14)18(3)8-11-4-6-12(16)7-5-11/h4-7,10,19H,8-9H2,1-3H3. The maximum absolute atomic E-state index is 9.42. The van der Waals surface area contributed by atoms with Crippen LogP contribution in [0.2, 0.25) is 5.02 Å². The quantitative estimate of drug-likeness (QED) is 0.905. The fourth-order valence-corrected chi connectivity index (χ4v) is 3.17. The average molecular weight is 311 g/mol. The minimum Gasteiger partial charge on any atom is -0.391 e. The van der Waals surface area contributed by atoms with Crippen LogP contribution in [0.4, 0.5) is 5.13 Å². The Balaban J connectivity index is 2.16. The van der Waals surface area contributed by atoms with E-state index < -0.39 is 0 Å². The summed E-state index contributed by atoms with van der Waals surface area (Å²) < 4.78 is 0. The highest BCUT2D eigenvalue weighted by Crippen LogP contribution is 2.30. The summed E-state index contributed by atoms with van der Waals surface area (Å²) in [5, 5.41) is 11.1. The summed E-state index contributed by atoms with van der Waals surface area (Å²) in [5.41, 5.74) is 2.18. The Kier molecular flexibility index (Phi) is 5.02. The molecule has 0 aliphatic rings. The summed E-state index contributed by atoms with van der Waals surface area (Å²) in [6.45, 7) is 5.02. The Labute approximate surface area is 128 Å². The number of rotatable bonds is 5. The normalized spacial score (nSPS) is 11.1. The highest BCUT2D eigenvalue weighted by Gasteiger charge is 2.16. The second-order valence-corrected chi connectivity index (χ2v) is 6.60. The minimum atomic E-state index is 0.0555. The third kappa shape index (κ3) is 3.51. The number of benzene rings is 1. The van der Waals surface area contributed by atoms with E-state index in [1.807, 2.05) is 31.3 Å². The SMILES string of the molecule is CC(C)c1nc(N(C)Cc2ccc(Cl)cc2)sc1CO. The molecule has 1 aromatic heterocycles. The highest BCUT2D eigenvalue weighted by molar-refractivity contribution is 7.15. The molecule has 108 valence electrons. The molecule has 20 heavy (non-hydrogen) atoms. The van der Waals surface area contributed by atoms with Crippen molar-refractivity contribution in [2.24, 2.45) is 0 Å². The van der Waals surface area contributed by atoms with Crippen LogP contribution in [0.1, 0.15) is 35.9 Å². The predicted molar refractivity (Wildman–Crippen MR) is 85.7 cm³/mol. The van der Waals surface area contributed by atoms with Crippen LogP contribution in [0, 0.1) is 0 Å². The summed E-state index contributed by atoms with van der Waals surface area (Å²) in [7, 11) is 2.01. The van der Waals surface area contributed by atoms with Gasteiger partial charge in [-0.05, 0) is 23.6 Å². The molecular formula is C15H19ClN2OS. The Hall–Kier alpha value is -1.10. The second kappa shape index (κ2) is 6.57. The van der Waals surface area contributed by atoms with Crippen LogP contribution in [0.3, 0.4) is 0 Å². The van der Waals surface area contributed by atoms with Crippen LogP contribution in [0.15, 0.2) is 24.3 Å². The summed E-state index contributed by atoms with van der Waals surface area (Å²) in [5.74, 6) is 0.325. The van der Waals surface area contributed by atoms with Crippen molar-refractivity contribution in [2.45, 2.75) is 32.9 Å². The van der Waals surface area contributed by atoms with Gasteiger partial charge < -0.3 is 10.0 Å². The molecular weight excluding hydrogens is 292 g/mol. The topological polar surface area (TPSA) is 36.4 Å². The molecule has 0 radical (unpaired) electrons. The van der Waals surface area contributed by atoms with Crippen molar-refractivity contribution in [2.75, 3.05) is 11.9 Å². The third-order valence-electron chi connectivity index (χ3n) is 3.07. The van der Waals surface area contributed by atoms with Gasteiger partial charge >= 0.3 is 0 Å². The van der Waals surface area contributed by atoms with Crippen LogP contribution in [0.5, 0.6) is 0 Å². The smallest absolute Gasteiger partial charge is 0.185 e. The fraction of sp³-hybridized carbons (Fsp3) is 0.400. The molecule has 0 saturated carbocycles. The molecule has 0 saturated heterocycles. The maximum atomic E-state index is 9.42. The zero-order valence-corrected chi connectivity index (χ0v) is 13.5. The number of halogens is 1. The van der Waals surface area contributed by atoms with Gasteiger partial charge in [-0.25, -0.2) is 4.98 Å². The number of nitrogens with zero attached hydrogens (tertiary/aromatic N) is 2. The molecule has 0 bridgehead atoms. The minimum absolute atomic E-state index is 0.0555. The van der Waals surface area contributed by atoms with Crippen LogP contribution in [0.25, 0.3) is 0 Å². The molecule has 5 heteroatoms. The van der Waals surface area contributed by atoms with Gasteiger partial charge in [0.05, 0.1) is 17.2 Å². The molecule has 1 heterocycles. The molecule has 0 amide bonds. The number of anilines is 1.